The fourth-order valence-electron chi connectivity index (χ4n) is 0.701. The third-order valence-electron chi connectivity index (χ3n) is 1.23. The van der Waals surface area contributed by atoms with Gasteiger partial charge in [-0.05, 0) is 12.1 Å². The minimum atomic E-state index is -0.767. The zero-order chi connectivity index (χ0) is 9.68. The van der Waals surface area contributed by atoms with Crippen molar-refractivity contribution in [3.8, 4) is 6.19 Å². The van der Waals surface area contributed by atoms with Gasteiger partial charge < -0.3 is 5.73 Å². The van der Waals surface area contributed by atoms with E-state index in [2.05, 4.69) is 0 Å². The lowest BCUT2D eigenvalue weighted by Gasteiger charge is -2.07. The molecule has 4 nitrogen and oxygen atoms in total. The van der Waals surface area contributed by atoms with E-state index in [1.165, 1.54) is 0 Å². The van der Waals surface area contributed by atoms with Crippen molar-refractivity contribution in [3.05, 3.63) is 30.3 Å². The molecule has 0 spiro atoms. The van der Waals surface area contributed by atoms with Gasteiger partial charge >= 0.3 is 6.03 Å². The van der Waals surface area contributed by atoms with Crippen LogP contribution >= 0.6 is 11.9 Å². The van der Waals surface area contributed by atoms with Crippen LogP contribution in [0.25, 0.3) is 0 Å². The summed E-state index contributed by atoms with van der Waals surface area (Å²) < 4.78 is 0.815. The summed E-state index contributed by atoms with van der Waals surface area (Å²) in [5, 5.41) is 8.51. The highest BCUT2D eigenvalue weighted by molar-refractivity contribution is 7.97. The van der Waals surface area contributed by atoms with Crippen LogP contribution in [-0.4, -0.2) is 10.3 Å². The van der Waals surface area contributed by atoms with Crippen LogP contribution in [0.4, 0.5) is 4.79 Å². The first-order valence-electron chi connectivity index (χ1n) is 3.46. The first kappa shape index (κ1) is 9.42. The molecule has 1 aromatic carbocycles. The van der Waals surface area contributed by atoms with Gasteiger partial charge in [-0.15, -0.1) is 0 Å². The Bertz CT molecular complexity index is 333. The Morgan fingerprint density at radius 2 is 2.08 bits per heavy atom. The van der Waals surface area contributed by atoms with Crippen LogP contribution in [0.15, 0.2) is 35.2 Å². The van der Waals surface area contributed by atoms with Gasteiger partial charge in [0.05, 0.1) is 0 Å². The van der Waals surface area contributed by atoms with Crippen LogP contribution in [0.5, 0.6) is 0 Å². The average molecular weight is 193 g/mol. The standard InChI is InChI=1S/C8H7N3OS/c9-6-11(8(10)12)13-7-4-2-1-3-5-7/h1-5H,(H2,10,12). The lowest BCUT2D eigenvalue weighted by Crippen LogP contribution is -2.25. The van der Waals surface area contributed by atoms with Gasteiger partial charge in [0.2, 0.25) is 0 Å². The van der Waals surface area contributed by atoms with Gasteiger partial charge in [-0.2, -0.15) is 9.57 Å². The van der Waals surface area contributed by atoms with E-state index in [0.717, 1.165) is 21.1 Å². The monoisotopic (exact) mass is 193 g/mol. The van der Waals surface area contributed by atoms with Gasteiger partial charge in [-0.3, -0.25) is 0 Å². The molecule has 13 heavy (non-hydrogen) atoms. The maximum atomic E-state index is 10.6. The van der Waals surface area contributed by atoms with E-state index in [-0.39, 0.29) is 0 Å². The van der Waals surface area contributed by atoms with Crippen molar-refractivity contribution in [1.29, 1.82) is 5.26 Å². The Labute approximate surface area is 80.1 Å². The van der Waals surface area contributed by atoms with E-state index < -0.39 is 6.03 Å². The smallest absolute Gasteiger partial charge is 0.338 e. The second-order valence-corrected chi connectivity index (χ2v) is 3.16. The molecule has 0 aliphatic rings. The number of nitrogens with zero attached hydrogens (tertiary/aromatic N) is 2. The van der Waals surface area contributed by atoms with E-state index >= 15 is 0 Å². The summed E-state index contributed by atoms with van der Waals surface area (Å²) >= 11 is 0.994. The van der Waals surface area contributed by atoms with Gasteiger partial charge in [0.25, 0.3) is 0 Å². The van der Waals surface area contributed by atoms with E-state index in [1.807, 2.05) is 18.2 Å². The summed E-state index contributed by atoms with van der Waals surface area (Å²) in [5.74, 6) is 0. The quantitative estimate of drug-likeness (QED) is 0.440. The largest absolute Gasteiger partial charge is 0.350 e. The predicted molar refractivity (Wildman–Crippen MR) is 49.3 cm³/mol. The van der Waals surface area contributed by atoms with Crippen molar-refractivity contribution >= 4 is 18.0 Å². The third kappa shape index (κ3) is 2.69. The van der Waals surface area contributed by atoms with Crippen molar-refractivity contribution in [3.63, 3.8) is 0 Å². The highest BCUT2D eigenvalue weighted by Crippen LogP contribution is 2.20. The van der Waals surface area contributed by atoms with Gasteiger partial charge in [-0.25, -0.2) is 4.79 Å². The van der Waals surface area contributed by atoms with Crippen LogP contribution in [-0.2, 0) is 0 Å². The molecule has 0 atom stereocenters. The highest BCUT2D eigenvalue weighted by Gasteiger charge is 2.09. The summed E-state index contributed by atoms with van der Waals surface area (Å²) in [7, 11) is 0. The van der Waals surface area contributed by atoms with Crippen molar-refractivity contribution in [1.82, 2.24) is 4.31 Å². The number of carbonyl (C=O) groups is 1. The predicted octanol–water partition coefficient (Wildman–Crippen LogP) is 1.56. The van der Waals surface area contributed by atoms with Gasteiger partial charge in [-0.1, -0.05) is 18.2 Å². The van der Waals surface area contributed by atoms with Gasteiger partial charge in [0, 0.05) is 16.8 Å². The summed E-state index contributed by atoms with van der Waals surface area (Å²) in [4.78, 5) is 11.4. The number of carbonyl (C=O) groups excluding carboxylic acids is 1. The number of benzene rings is 1. The van der Waals surface area contributed by atoms with Crippen molar-refractivity contribution in [2.75, 3.05) is 0 Å². The SMILES string of the molecule is N#CN(Sc1ccccc1)C(N)=O. The van der Waals surface area contributed by atoms with E-state index in [9.17, 15) is 4.79 Å². The zero-order valence-electron chi connectivity index (χ0n) is 6.68. The molecule has 0 aliphatic heterocycles. The van der Waals surface area contributed by atoms with Gasteiger partial charge in [0.15, 0.2) is 6.19 Å². The molecule has 0 saturated heterocycles. The summed E-state index contributed by atoms with van der Waals surface area (Å²) in [6, 6.07) is 8.30. The highest BCUT2D eigenvalue weighted by atomic mass is 32.2. The molecule has 0 heterocycles. The Kier molecular flexibility index (Phi) is 3.17. The molecule has 0 aromatic heterocycles. The lowest BCUT2D eigenvalue weighted by molar-refractivity contribution is 0.243. The Balaban J connectivity index is 2.69. The molecule has 0 aliphatic carbocycles. The molecular formula is C8H7N3OS. The topological polar surface area (TPSA) is 70.1 Å². The molecule has 5 heteroatoms. The minimum Gasteiger partial charge on any atom is -0.350 e. The first-order chi connectivity index (χ1) is 6.24. The van der Waals surface area contributed by atoms with Gasteiger partial charge in [0.1, 0.15) is 0 Å². The normalized spacial score (nSPS) is 8.85. The molecule has 66 valence electrons. The van der Waals surface area contributed by atoms with Crippen molar-refractivity contribution < 1.29 is 4.79 Å². The van der Waals surface area contributed by atoms with Crippen LogP contribution < -0.4 is 5.73 Å². The van der Waals surface area contributed by atoms with E-state index in [1.54, 1.807) is 18.3 Å². The zero-order valence-corrected chi connectivity index (χ0v) is 7.49. The van der Waals surface area contributed by atoms with E-state index in [0.29, 0.717) is 0 Å². The number of nitriles is 1. The second-order valence-electron chi connectivity index (χ2n) is 2.14. The van der Waals surface area contributed by atoms with Crippen LogP contribution in [0.1, 0.15) is 0 Å². The lowest BCUT2D eigenvalue weighted by atomic mass is 10.4. The summed E-state index contributed by atoms with van der Waals surface area (Å²) in [6.45, 7) is 0. The Morgan fingerprint density at radius 3 is 2.54 bits per heavy atom. The third-order valence-corrected chi connectivity index (χ3v) is 2.16. The van der Waals surface area contributed by atoms with Crippen LogP contribution in [0.2, 0.25) is 0 Å². The van der Waals surface area contributed by atoms with Crippen molar-refractivity contribution in [2.24, 2.45) is 5.73 Å². The van der Waals surface area contributed by atoms with Crippen molar-refractivity contribution in [2.45, 2.75) is 4.90 Å². The molecule has 0 bridgehead atoms. The number of nitrogens with two attached hydrogens (primary N) is 1. The molecule has 1 rings (SSSR count). The minimum absolute atomic E-state index is 0.767. The maximum Gasteiger partial charge on any atom is 0.338 e. The molecule has 2 amide bonds. The first-order valence-corrected chi connectivity index (χ1v) is 4.23. The summed E-state index contributed by atoms with van der Waals surface area (Å²) in [6.07, 6.45) is 1.67. The van der Waals surface area contributed by atoms with Crippen LogP contribution in [0, 0.1) is 11.5 Å². The van der Waals surface area contributed by atoms with Crippen LogP contribution in [0.3, 0.4) is 0 Å². The Morgan fingerprint density at radius 1 is 1.46 bits per heavy atom. The fourth-order valence-corrected chi connectivity index (χ4v) is 1.32. The molecule has 0 unspecified atom stereocenters. The molecule has 0 saturated carbocycles. The summed E-state index contributed by atoms with van der Waals surface area (Å²) in [5.41, 5.74) is 4.94. The fraction of sp³-hybridized carbons (Fsp3) is 0. The molecule has 2 N–H and O–H groups in total. The molecule has 0 fully saturated rings. The number of amides is 2. The molecule has 1 aromatic rings. The Hall–Kier alpha value is -1.67. The number of rotatable bonds is 2. The number of urea groups is 1. The molecular weight excluding hydrogens is 186 g/mol. The average Bonchev–Trinajstić information content (AvgIpc) is 2.15. The molecule has 0 radical (unpaired) electrons. The number of primary amides is 1. The number of hydrogen-bond acceptors (Lipinski definition) is 3. The second kappa shape index (κ2) is 4.38. The number of hydrogen-bond donors (Lipinski definition) is 1. The maximum absolute atomic E-state index is 10.6. The van der Waals surface area contributed by atoms with E-state index in [4.69, 9.17) is 11.0 Å².